The number of hydrogen-bond donors (Lipinski definition) is 3. The predicted molar refractivity (Wildman–Crippen MR) is 93.9 cm³/mol. The number of carbonyl (C=O) groups excluding carboxylic acids is 1. The van der Waals surface area contributed by atoms with Crippen molar-refractivity contribution >= 4 is 5.91 Å². The van der Waals surface area contributed by atoms with E-state index in [0.717, 1.165) is 0 Å². The fourth-order valence-corrected chi connectivity index (χ4v) is 2.28. The van der Waals surface area contributed by atoms with E-state index in [9.17, 15) is 18.8 Å². The van der Waals surface area contributed by atoms with Crippen LogP contribution in [0.1, 0.15) is 11.1 Å². The number of aromatic nitrogens is 3. The standard InChI is InChI=1S/C18H15FN4O4/c19-13-5-1-2-6-14(13)27-17-11(4-3-7-20-17)9-21-15(24)8-12-10-22-18(26)23-16(12)25/h1-7,10H,8-9H2,(H,21,24)(H2,22,23,25,26). The molecule has 0 unspecified atom stereocenters. The zero-order chi connectivity index (χ0) is 19.2. The Morgan fingerprint density at radius 2 is 1.96 bits per heavy atom. The minimum atomic E-state index is -0.644. The minimum absolute atomic E-state index is 0.0172. The zero-order valence-electron chi connectivity index (χ0n) is 14.0. The number of aromatic amines is 2. The molecular formula is C18H15FN4O4. The maximum Gasteiger partial charge on any atom is 0.325 e. The van der Waals surface area contributed by atoms with Gasteiger partial charge in [0.1, 0.15) is 0 Å². The summed E-state index contributed by atoms with van der Waals surface area (Å²) in [4.78, 5) is 43.1. The molecule has 0 fully saturated rings. The van der Waals surface area contributed by atoms with Gasteiger partial charge in [-0.05, 0) is 18.2 Å². The summed E-state index contributed by atoms with van der Waals surface area (Å²) in [6.07, 6.45) is 2.47. The van der Waals surface area contributed by atoms with Crippen LogP contribution >= 0.6 is 0 Å². The maximum absolute atomic E-state index is 13.7. The van der Waals surface area contributed by atoms with E-state index in [4.69, 9.17) is 4.74 Å². The summed E-state index contributed by atoms with van der Waals surface area (Å²) in [6, 6.07) is 9.24. The van der Waals surface area contributed by atoms with Gasteiger partial charge in [-0.2, -0.15) is 0 Å². The average Bonchev–Trinajstić information content (AvgIpc) is 2.65. The lowest BCUT2D eigenvalue weighted by Gasteiger charge is -2.11. The summed E-state index contributed by atoms with van der Waals surface area (Å²) < 4.78 is 19.2. The molecule has 0 atom stereocenters. The number of rotatable bonds is 6. The fraction of sp³-hybridized carbons (Fsp3) is 0.111. The average molecular weight is 370 g/mol. The molecule has 138 valence electrons. The molecule has 2 heterocycles. The maximum atomic E-state index is 13.7. The predicted octanol–water partition coefficient (Wildman–Crippen LogP) is 1.25. The van der Waals surface area contributed by atoms with E-state index in [0.29, 0.717) is 5.56 Å². The van der Waals surface area contributed by atoms with E-state index in [-0.39, 0.29) is 30.2 Å². The molecule has 2 aromatic heterocycles. The first-order chi connectivity index (χ1) is 13.0. The number of amides is 1. The second-order valence-electron chi connectivity index (χ2n) is 5.55. The number of nitrogens with one attached hydrogen (secondary N) is 3. The van der Waals surface area contributed by atoms with Crippen LogP contribution < -0.4 is 21.3 Å². The molecule has 0 bridgehead atoms. The number of carbonyl (C=O) groups is 1. The number of pyridine rings is 1. The summed E-state index contributed by atoms with van der Waals surface area (Å²) in [5.74, 6) is -0.794. The molecule has 0 saturated heterocycles. The van der Waals surface area contributed by atoms with Crippen LogP contribution in [0.5, 0.6) is 11.6 Å². The van der Waals surface area contributed by atoms with Crippen LogP contribution in [0.3, 0.4) is 0 Å². The Balaban J connectivity index is 1.67. The Morgan fingerprint density at radius 3 is 2.74 bits per heavy atom. The van der Waals surface area contributed by atoms with Gasteiger partial charge in [0.25, 0.3) is 5.56 Å². The minimum Gasteiger partial charge on any atom is -0.436 e. The van der Waals surface area contributed by atoms with Gasteiger partial charge < -0.3 is 15.0 Å². The van der Waals surface area contributed by atoms with Crippen LogP contribution in [0.25, 0.3) is 0 Å². The second kappa shape index (κ2) is 8.09. The number of hydrogen-bond acceptors (Lipinski definition) is 5. The van der Waals surface area contributed by atoms with Gasteiger partial charge in [-0.15, -0.1) is 0 Å². The van der Waals surface area contributed by atoms with E-state index in [1.165, 1.54) is 24.5 Å². The molecule has 8 nitrogen and oxygen atoms in total. The van der Waals surface area contributed by atoms with Gasteiger partial charge in [-0.25, -0.2) is 14.2 Å². The van der Waals surface area contributed by atoms with Crippen molar-refractivity contribution in [1.29, 1.82) is 0 Å². The van der Waals surface area contributed by atoms with Gasteiger partial charge >= 0.3 is 5.69 Å². The number of para-hydroxylation sites is 1. The Kier molecular flexibility index (Phi) is 5.41. The first-order valence-electron chi connectivity index (χ1n) is 7.97. The second-order valence-corrected chi connectivity index (χ2v) is 5.55. The molecule has 0 aliphatic heterocycles. The smallest absolute Gasteiger partial charge is 0.325 e. The molecule has 1 amide bonds. The summed E-state index contributed by atoms with van der Waals surface area (Å²) in [5.41, 5.74) is -0.612. The van der Waals surface area contributed by atoms with Crippen molar-refractivity contribution in [2.75, 3.05) is 0 Å². The molecule has 0 aliphatic carbocycles. The van der Waals surface area contributed by atoms with Crippen LogP contribution in [0.15, 0.2) is 58.4 Å². The Hall–Kier alpha value is -3.75. The Morgan fingerprint density at radius 1 is 1.15 bits per heavy atom. The highest BCUT2D eigenvalue weighted by Crippen LogP contribution is 2.25. The highest BCUT2D eigenvalue weighted by Gasteiger charge is 2.12. The monoisotopic (exact) mass is 370 g/mol. The van der Waals surface area contributed by atoms with Crippen molar-refractivity contribution < 1.29 is 13.9 Å². The van der Waals surface area contributed by atoms with Crippen molar-refractivity contribution in [2.45, 2.75) is 13.0 Å². The van der Waals surface area contributed by atoms with Crippen molar-refractivity contribution in [2.24, 2.45) is 0 Å². The summed E-state index contributed by atoms with van der Waals surface area (Å²) in [7, 11) is 0. The van der Waals surface area contributed by atoms with E-state index >= 15 is 0 Å². The lowest BCUT2D eigenvalue weighted by atomic mass is 10.2. The van der Waals surface area contributed by atoms with Gasteiger partial charge in [-0.1, -0.05) is 18.2 Å². The zero-order valence-corrected chi connectivity index (χ0v) is 14.0. The highest BCUT2D eigenvalue weighted by atomic mass is 19.1. The summed E-state index contributed by atoms with van der Waals surface area (Å²) in [6.45, 7) is 0.0672. The molecule has 9 heteroatoms. The van der Waals surface area contributed by atoms with Gasteiger partial charge in [0.05, 0.1) is 6.42 Å². The van der Waals surface area contributed by atoms with E-state index in [1.54, 1.807) is 24.3 Å². The van der Waals surface area contributed by atoms with E-state index in [1.807, 2.05) is 4.98 Å². The summed E-state index contributed by atoms with van der Waals surface area (Å²) in [5, 5.41) is 2.63. The van der Waals surface area contributed by atoms with E-state index in [2.05, 4.69) is 15.3 Å². The van der Waals surface area contributed by atoms with Crippen LogP contribution in [0, 0.1) is 5.82 Å². The van der Waals surface area contributed by atoms with Gasteiger partial charge in [0.2, 0.25) is 11.8 Å². The first-order valence-corrected chi connectivity index (χ1v) is 7.97. The lowest BCUT2D eigenvalue weighted by Crippen LogP contribution is -2.30. The fourth-order valence-electron chi connectivity index (χ4n) is 2.28. The molecular weight excluding hydrogens is 355 g/mol. The molecule has 3 rings (SSSR count). The lowest BCUT2D eigenvalue weighted by molar-refractivity contribution is -0.120. The number of nitrogens with zero attached hydrogens (tertiary/aromatic N) is 1. The van der Waals surface area contributed by atoms with E-state index < -0.39 is 23.0 Å². The molecule has 1 aromatic carbocycles. The normalized spacial score (nSPS) is 10.4. The van der Waals surface area contributed by atoms with Crippen LogP contribution in [-0.2, 0) is 17.8 Å². The third-order valence-electron chi connectivity index (χ3n) is 3.62. The number of H-pyrrole nitrogens is 2. The Labute approximate surface area is 152 Å². The van der Waals surface area contributed by atoms with Crippen LogP contribution in [0.4, 0.5) is 4.39 Å². The summed E-state index contributed by atoms with van der Waals surface area (Å²) >= 11 is 0. The number of halogens is 1. The number of ether oxygens (including phenoxy) is 1. The van der Waals surface area contributed by atoms with Gasteiger partial charge in [0, 0.05) is 30.1 Å². The Bertz CT molecular complexity index is 1080. The third kappa shape index (κ3) is 4.66. The largest absolute Gasteiger partial charge is 0.436 e. The van der Waals surface area contributed by atoms with Crippen molar-refractivity contribution in [3.05, 3.63) is 86.6 Å². The van der Waals surface area contributed by atoms with Crippen molar-refractivity contribution in [3.63, 3.8) is 0 Å². The van der Waals surface area contributed by atoms with Crippen LogP contribution in [0.2, 0.25) is 0 Å². The highest BCUT2D eigenvalue weighted by molar-refractivity contribution is 5.78. The topological polar surface area (TPSA) is 117 Å². The number of benzene rings is 1. The third-order valence-corrected chi connectivity index (χ3v) is 3.62. The van der Waals surface area contributed by atoms with Crippen molar-refractivity contribution in [3.8, 4) is 11.6 Å². The molecule has 3 N–H and O–H groups in total. The SMILES string of the molecule is O=C(Cc1c[nH]c(=O)[nH]c1=O)NCc1cccnc1Oc1ccccc1F. The quantitative estimate of drug-likeness (QED) is 0.604. The first kappa shape index (κ1) is 18.1. The molecule has 3 aromatic rings. The van der Waals surface area contributed by atoms with Gasteiger partial charge in [0.15, 0.2) is 11.6 Å². The molecule has 0 radical (unpaired) electrons. The molecule has 27 heavy (non-hydrogen) atoms. The van der Waals surface area contributed by atoms with Gasteiger partial charge in [-0.3, -0.25) is 14.6 Å². The molecule has 0 aliphatic rings. The molecule has 0 saturated carbocycles. The van der Waals surface area contributed by atoms with Crippen LogP contribution in [-0.4, -0.2) is 20.9 Å². The van der Waals surface area contributed by atoms with Crippen molar-refractivity contribution in [1.82, 2.24) is 20.3 Å². The molecule has 0 spiro atoms.